The molecule has 1 amide bonds. The number of aryl methyl sites for hydroxylation is 1. The Hall–Kier alpha value is -2.55. The molecule has 8 nitrogen and oxygen atoms in total. The number of H-pyrrole nitrogens is 1. The van der Waals surface area contributed by atoms with Crippen LogP contribution in [0, 0.1) is 6.92 Å². The molecule has 0 aliphatic carbocycles. The first-order valence-corrected chi connectivity index (χ1v) is 8.14. The van der Waals surface area contributed by atoms with Crippen LogP contribution in [-0.4, -0.2) is 49.5 Å². The minimum Gasteiger partial charge on any atom is -0.440 e. The van der Waals surface area contributed by atoms with Crippen molar-refractivity contribution in [3.05, 3.63) is 34.8 Å². The molecule has 1 atom stereocenters. The van der Waals surface area contributed by atoms with Gasteiger partial charge in [0, 0.05) is 19.0 Å². The lowest BCUT2D eigenvalue weighted by Gasteiger charge is -2.14. The van der Waals surface area contributed by atoms with Crippen molar-refractivity contribution in [2.24, 2.45) is 0 Å². The third-order valence-electron chi connectivity index (χ3n) is 3.93. The molecule has 0 bridgehead atoms. The van der Waals surface area contributed by atoms with Crippen LogP contribution in [0.5, 0.6) is 0 Å². The van der Waals surface area contributed by atoms with Crippen molar-refractivity contribution in [2.45, 2.75) is 19.3 Å². The largest absolute Gasteiger partial charge is 0.440 e. The Morgan fingerprint density at radius 2 is 2.43 bits per heavy atom. The zero-order valence-electron chi connectivity index (χ0n) is 12.4. The quantitative estimate of drug-likeness (QED) is 0.786. The molecule has 23 heavy (non-hydrogen) atoms. The average molecular weight is 330 g/mol. The maximum absolute atomic E-state index is 12.7. The molecule has 3 aromatic rings. The predicted octanol–water partition coefficient (Wildman–Crippen LogP) is 1.85. The molecule has 1 aliphatic rings. The van der Waals surface area contributed by atoms with Crippen LogP contribution in [0.2, 0.25) is 0 Å². The van der Waals surface area contributed by atoms with Gasteiger partial charge in [-0.1, -0.05) is 11.3 Å². The van der Waals surface area contributed by atoms with Crippen molar-refractivity contribution >= 4 is 17.2 Å². The lowest BCUT2D eigenvalue weighted by molar-refractivity contribution is 0.0783. The molecule has 4 heterocycles. The number of hydrogen-bond donors (Lipinski definition) is 1. The molecule has 3 aromatic heterocycles. The Morgan fingerprint density at radius 1 is 1.52 bits per heavy atom. The minimum absolute atomic E-state index is 0.111. The second-order valence-electron chi connectivity index (χ2n) is 5.41. The molecule has 1 aliphatic heterocycles. The summed E-state index contributed by atoms with van der Waals surface area (Å²) in [6.45, 7) is 2.99. The van der Waals surface area contributed by atoms with Gasteiger partial charge in [0.05, 0.1) is 4.88 Å². The van der Waals surface area contributed by atoms with E-state index >= 15 is 0 Å². The van der Waals surface area contributed by atoms with Gasteiger partial charge in [0.2, 0.25) is 5.89 Å². The fourth-order valence-electron chi connectivity index (χ4n) is 2.75. The standard InChI is InChI=1S/C14H14N6O2S/c1-8-11(15-13(22-8)10-3-2-6-23-10)14(21)20-5-4-9(7-20)12-16-18-19-17-12/h2-3,6,9H,4-5,7H2,1H3,(H,16,17,18,19). The Morgan fingerprint density at radius 3 is 3.17 bits per heavy atom. The Kier molecular flexibility index (Phi) is 3.41. The molecular weight excluding hydrogens is 316 g/mol. The first kappa shape index (κ1) is 14.1. The van der Waals surface area contributed by atoms with Crippen LogP contribution in [0.4, 0.5) is 0 Å². The molecule has 4 rings (SSSR count). The lowest BCUT2D eigenvalue weighted by atomic mass is 10.1. The van der Waals surface area contributed by atoms with Crippen molar-refractivity contribution in [3.63, 3.8) is 0 Å². The van der Waals surface area contributed by atoms with Gasteiger partial charge < -0.3 is 9.32 Å². The molecule has 1 unspecified atom stereocenters. The molecule has 0 radical (unpaired) electrons. The number of rotatable bonds is 3. The Labute approximate surface area is 135 Å². The summed E-state index contributed by atoms with van der Waals surface area (Å²) in [5, 5.41) is 16.0. The molecular formula is C14H14N6O2S. The van der Waals surface area contributed by atoms with Crippen LogP contribution in [0.15, 0.2) is 21.9 Å². The van der Waals surface area contributed by atoms with Crippen LogP contribution in [0.25, 0.3) is 10.8 Å². The van der Waals surface area contributed by atoms with E-state index in [0.717, 1.165) is 11.3 Å². The number of aromatic nitrogens is 5. The van der Waals surface area contributed by atoms with Gasteiger partial charge in [-0.25, -0.2) is 4.98 Å². The van der Waals surface area contributed by atoms with E-state index in [1.807, 2.05) is 17.5 Å². The summed E-state index contributed by atoms with van der Waals surface area (Å²) in [5.74, 6) is 1.69. The average Bonchev–Trinajstić information content (AvgIpc) is 3.31. The number of amides is 1. The summed E-state index contributed by atoms with van der Waals surface area (Å²) >= 11 is 1.53. The highest BCUT2D eigenvalue weighted by atomic mass is 32.1. The highest BCUT2D eigenvalue weighted by Gasteiger charge is 2.32. The van der Waals surface area contributed by atoms with Gasteiger partial charge in [0.15, 0.2) is 11.5 Å². The highest BCUT2D eigenvalue weighted by molar-refractivity contribution is 7.13. The topological polar surface area (TPSA) is 101 Å². The maximum Gasteiger partial charge on any atom is 0.276 e. The fraction of sp³-hybridized carbons (Fsp3) is 0.357. The number of carbonyl (C=O) groups is 1. The summed E-state index contributed by atoms with van der Waals surface area (Å²) < 4.78 is 5.65. The summed E-state index contributed by atoms with van der Waals surface area (Å²) in [4.78, 5) is 19.8. The molecule has 0 spiro atoms. The van der Waals surface area contributed by atoms with Crippen molar-refractivity contribution in [2.75, 3.05) is 13.1 Å². The smallest absolute Gasteiger partial charge is 0.276 e. The van der Waals surface area contributed by atoms with E-state index in [0.29, 0.717) is 36.3 Å². The number of nitrogens with one attached hydrogen (secondary N) is 1. The van der Waals surface area contributed by atoms with Gasteiger partial charge in [0.1, 0.15) is 5.76 Å². The molecule has 118 valence electrons. The maximum atomic E-state index is 12.7. The molecule has 0 aromatic carbocycles. The van der Waals surface area contributed by atoms with Crippen LogP contribution < -0.4 is 0 Å². The Bertz CT molecular complexity index is 811. The van der Waals surface area contributed by atoms with Crippen molar-refractivity contribution in [3.8, 4) is 10.8 Å². The zero-order valence-corrected chi connectivity index (χ0v) is 13.2. The van der Waals surface area contributed by atoms with E-state index in [-0.39, 0.29) is 11.8 Å². The number of oxazole rings is 1. The highest BCUT2D eigenvalue weighted by Crippen LogP contribution is 2.29. The monoisotopic (exact) mass is 330 g/mol. The second kappa shape index (κ2) is 5.58. The number of aromatic amines is 1. The summed E-state index contributed by atoms with van der Waals surface area (Å²) in [7, 11) is 0. The van der Waals surface area contributed by atoms with Gasteiger partial charge in [-0.15, -0.1) is 21.5 Å². The summed E-state index contributed by atoms with van der Waals surface area (Å²) in [6, 6.07) is 3.85. The molecule has 1 N–H and O–H groups in total. The van der Waals surface area contributed by atoms with Crippen LogP contribution in [-0.2, 0) is 0 Å². The van der Waals surface area contributed by atoms with Gasteiger partial charge in [-0.05, 0) is 24.8 Å². The molecule has 9 heteroatoms. The second-order valence-corrected chi connectivity index (χ2v) is 6.36. The minimum atomic E-state index is -0.111. The third kappa shape index (κ3) is 2.52. The van der Waals surface area contributed by atoms with Gasteiger partial charge in [-0.2, -0.15) is 5.21 Å². The number of tetrazole rings is 1. The van der Waals surface area contributed by atoms with E-state index in [2.05, 4.69) is 25.6 Å². The van der Waals surface area contributed by atoms with Crippen molar-refractivity contribution < 1.29 is 9.21 Å². The molecule has 1 fully saturated rings. The van der Waals surface area contributed by atoms with Crippen LogP contribution in [0.3, 0.4) is 0 Å². The van der Waals surface area contributed by atoms with Crippen molar-refractivity contribution in [1.29, 1.82) is 0 Å². The molecule has 1 saturated heterocycles. The van der Waals surface area contributed by atoms with Crippen molar-refractivity contribution in [1.82, 2.24) is 30.5 Å². The van der Waals surface area contributed by atoms with Crippen LogP contribution in [0.1, 0.15) is 34.4 Å². The van der Waals surface area contributed by atoms with E-state index in [4.69, 9.17) is 4.42 Å². The number of carbonyl (C=O) groups excluding carboxylic acids is 1. The number of thiophene rings is 1. The number of nitrogens with zero attached hydrogens (tertiary/aromatic N) is 5. The number of hydrogen-bond acceptors (Lipinski definition) is 7. The van der Waals surface area contributed by atoms with Crippen LogP contribution >= 0.6 is 11.3 Å². The fourth-order valence-corrected chi connectivity index (χ4v) is 3.40. The summed E-state index contributed by atoms with van der Waals surface area (Å²) in [5.41, 5.74) is 0.377. The lowest BCUT2D eigenvalue weighted by Crippen LogP contribution is -2.29. The first-order valence-electron chi connectivity index (χ1n) is 7.26. The van der Waals surface area contributed by atoms with Gasteiger partial charge in [-0.3, -0.25) is 4.79 Å². The third-order valence-corrected chi connectivity index (χ3v) is 4.79. The predicted molar refractivity (Wildman–Crippen MR) is 82.0 cm³/mol. The van der Waals surface area contributed by atoms with Gasteiger partial charge in [0.25, 0.3) is 5.91 Å². The SMILES string of the molecule is Cc1oc(-c2cccs2)nc1C(=O)N1CCC(c2nn[nH]n2)C1. The summed E-state index contributed by atoms with van der Waals surface area (Å²) in [6.07, 6.45) is 0.819. The first-order chi connectivity index (χ1) is 11.2. The van der Waals surface area contributed by atoms with E-state index in [1.54, 1.807) is 11.8 Å². The van der Waals surface area contributed by atoms with E-state index in [1.165, 1.54) is 11.3 Å². The number of likely N-dealkylation sites (tertiary alicyclic amines) is 1. The van der Waals surface area contributed by atoms with Gasteiger partial charge >= 0.3 is 0 Å². The Balaban J connectivity index is 1.54. The zero-order chi connectivity index (χ0) is 15.8. The normalized spacial score (nSPS) is 17.8. The van der Waals surface area contributed by atoms with E-state index in [9.17, 15) is 4.79 Å². The van der Waals surface area contributed by atoms with E-state index < -0.39 is 0 Å². The molecule has 0 saturated carbocycles.